The average Bonchev–Trinajstić information content (AvgIpc) is 2.87. The molecule has 1 aromatic rings. The summed E-state index contributed by atoms with van der Waals surface area (Å²) in [6, 6.07) is 6.25. The van der Waals surface area contributed by atoms with Crippen LogP contribution in [0.3, 0.4) is 0 Å². The largest absolute Gasteiger partial charge is 0.409 e. The second-order valence-electron chi connectivity index (χ2n) is 4.32. The Balaban J connectivity index is 2.07. The molecule has 0 aliphatic carbocycles. The van der Waals surface area contributed by atoms with Crippen LogP contribution in [-0.4, -0.2) is 34.6 Å². The quantitative estimate of drug-likeness (QED) is 0.336. The number of nitrogens with zero attached hydrogens (tertiary/aromatic N) is 2. The number of nitrogens with one attached hydrogen (secondary N) is 1. The van der Waals surface area contributed by atoms with E-state index in [0.29, 0.717) is 23.7 Å². The lowest BCUT2D eigenvalue weighted by molar-refractivity contribution is 0.215. The molecule has 7 heteroatoms. The zero-order valence-electron chi connectivity index (χ0n) is 10.2. The Morgan fingerprint density at radius 2 is 2.37 bits per heavy atom. The number of carbonyl (C=O) groups excluding carboxylic acids is 1. The molecule has 1 unspecified atom stereocenters. The zero-order chi connectivity index (χ0) is 13.8. The van der Waals surface area contributed by atoms with Gasteiger partial charge in [-0.2, -0.15) is 0 Å². The number of amidine groups is 1. The number of hydrogen-bond acceptors (Lipinski definition) is 3. The van der Waals surface area contributed by atoms with Gasteiger partial charge >= 0.3 is 6.03 Å². The minimum atomic E-state index is -0.357. The van der Waals surface area contributed by atoms with E-state index in [9.17, 15) is 4.79 Å². The number of carbonyl (C=O) groups is 1. The van der Waals surface area contributed by atoms with Crippen LogP contribution in [0.5, 0.6) is 0 Å². The third kappa shape index (κ3) is 3.08. The Bertz CT molecular complexity index is 506. The van der Waals surface area contributed by atoms with Crippen molar-refractivity contribution in [1.29, 1.82) is 0 Å². The molecular formula is C12H15ClN4O2. The number of benzene rings is 1. The highest BCUT2D eigenvalue weighted by Gasteiger charge is 2.31. The van der Waals surface area contributed by atoms with Crippen molar-refractivity contribution in [3.63, 3.8) is 0 Å². The fraction of sp³-hybridized carbons (Fsp3) is 0.333. The molecule has 0 radical (unpaired) electrons. The van der Waals surface area contributed by atoms with Gasteiger partial charge in [-0.15, -0.1) is 0 Å². The smallest absolute Gasteiger partial charge is 0.322 e. The molecule has 1 saturated heterocycles. The zero-order valence-corrected chi connectivity index (χ0v) is 11.0. The van der Waals surface area contributed by atoms with E-state index in [4.69, 9.17) is 22.5 Å². The Morgan fingerprint density at radius 3 is 3.05 bits per heavy atom. The summed E-state index contributed by atoms with van der Waals surface area (Å²) < 4.78 is 0. The van der Waals surface area contributed by atoms with Crippen molar-refractivity contribution in [2.75, 3.05) is 11.9 Å². The summed E-state index contributed by atoms with van der Waals surface area (Å²) in [6.07, 6.45) is 1.52. The highest BCUT2D eigenvalue weighted by Crippen LogP contribution is 2.20. The fourth-order valence-corrected chi connectivity index (χ4v) is 2.34. The van der Waals surface area contributed by atoms with Crippen LogP contribution in [0.1, 0.15) is 12.8 Å². The molecule has 1 heterocycles. The van der Waals surface area contributed by atoms with Crippen LogP contribution in [0.4, 0.5) is 10.5 Å². The third-order valence-corrected chi connectivity index (χ3v) is 3.28. The topological polar surface area (TPSA) is 91.0 Å². The standard InChI is InChI=1S/C12H15ClN4O2/c13-8-3-1-4-9(7-8)15-12(18)17-6-2-5-10(17)11(14)16-19/h1,3-4,7,10,19H,2,5-6H2,(H2,14,16)(H,15,18). The van der Waals surface area contributed by atoms with E-state index in [0.717, 1.165) is 6.42 Å². The van der Waals surface area contributed by atoms with Crippen LogP contribution in [0.25, 0.3) is 0 Å². The van der Waals surface area contributed by atoms with Gasteiger partial charge in [-0.05, 0) is 31.0 Å². The molecule has 1 aliphatic heterocycles. The van der Waals surface area contributed by atoms with Crippen LogP contribution in [-0.2, 0) is 0 Å². The van der Waals surface area contributed by atoms with Crippen molar-refractivity contribution in [3.8, 4) is 0 Å². The summed E-state index contributed by atoms with van der Waals surface area (Å²) >= 11 is 5.85. The van der Waals surface area contributed by atoms with Gasteiger partial charge in [-0.1, -0.05) is 22.8 Å². The molecule has 0 saturated carbocycles. The molecule has 1 aromatic carbocycles. The monoisotopic (exact) mass is 282 g/mol. The Morgan fingerprint density at radius 1 is 1.58 bits per heavy atom. The van der Waals surface area contributed by atoms with Crippen molar-refractivity contribution < 1.29 is 10.0 Å². The van der Waals surface area contributed by atoms with E-state index in [2.05, 4.69) is 10.5 Å². The lowest BCUT2D eigenvalue weighted by Crippen LogP contribution is -2.45. The minimum absolute atomic E-state index is 0.0544. The highest BCUT2D eigenvalue weighted by molar-refractivity contribution is 6.30. The van der Waals surface area contributed by atoms with Gasteiger partial charge in [-0.25, -0.2) is 4.79 Å². The molecule has 1 fully saturated rings. The number of likely N-dealkylation sites (tertiary alicyclic amines) is 1. The van der Waals surface area contributed by atoms with Gasteiger partial charge in [0.15, 0.2) is 5.84 Å². The summed E-state index contributed by atoms with van der Waals surface area (Å²) in [6.45, 7) is 0.577. The number of nitrogens with two attached hydrogens (primary N) is 1. The molecule has 2 rings (SSSR count). The summed E-state index contributed by atoms with van der Waals surface area (Å²) in [5.74, 6) is 0.0544. The maximum absolute atomic E-state index is 12.1. The van der Waals surface area contributed by atoms with Crippen LogP contribution in [0.15, 0.2) is 29.4 Å². The van der Waals surface area contributed by atoms with Crippen molar-refractivity contribution >= 4 is 29.2 Å². The molecule has 0 bridgehead atoms. The van der Waals surface area contributed by atoms with E-state index in [1.165, 1.54) is 0 Å². The summed E-state index contributed by atoms with van der Waals surface area (Å²) in [5, 5.41) is 15.0. The third-order valence-electron chi connectivity index (χ3n) is 3.05. The predicted molar refractivity (Wildman–Crippen MR) is 73.6 cm³/mol. The number of urea groups is 1. The molecule has 4 N–H and O–H groups in total. The number of amides is 2. The lowest BCUT2D eigenvalue weighted by atomic mass is 10.2. The molecule has 0 aromatic heterocycles. The van der Waals surface area contributed by atoms with Crippen LogP contribution < -0.4 is 11.1 Å². The maximum Gasteiger partial charge on any atom is 0.322 e. The molecule has 19 heavy (non-hydrogen) atoms. The van der Waals surface area contributed by atoms with Gasteiger partial charge in [0.1, 0.15) is 0 Å². The van der Waals surface area contributed by atoms with E-state index in [1.54, 1.807) is 29.2 Å². The van der Waals surface area contributed by atoms with Gasteiger partial charge in [0.2, 0.25) is 0 Å². The van der Waals surface area contributed by atoms with Gasteiger partial charge in [0.05, 0.1) is 6.04 Å². The first-order chi connectivity index (χ1) is 9.11. The Hall–Kier alpha value is -1.95. The molecule has 2 amide bonds. The van der Waals surface area contributed by atoms with E-state index < -0.39 is 0 Å². The first-order valence-corrected chi connectivity index (χ1v) is 6.30. The van der Waals surface area contributed by atoms with Gasteiger partial charge < -0.3 is 21.2 Å². The van der Waals surface area contributed by atoms with Crippen molar-refractivity contribution in [1.82, 2.24) is 4.90 Å². The first kappa shape index (κ1) is 13.5. The van der Waals surface area contributed by atoms with Gasteiger partial charge in [0, 0.05) is 17.3 Å². The van der Waals surface area contributed by atoms with Gasteiger partial charge in [-0.3, -0.25) is 0 Å². The number of halogens is 1. The molecule has 1 atom stereocenters. The average molecular weight is 283 g/mol. The summed E-state index contributed by atoms with van der Waals surface area (Å²) in [5.41, 5.74) is 6.19. The van der Waals surface area contributed by atoms with Crippen molar-refractivity contribution in [3.05, 3.63) is 29.3 Å². The number of anilines is 1. The van der Waals surface area contributed by atoms with E-state index in [-0.39, 0.29) is 17.9 Å². The molecule has 0 spiro atoms. The normalized spacial score (nSPS) is 19.5. The SMILES string of the molecule is NC(=NO)C1CCCN1C(=O)Nc1cccc(Cl)c1. The molecule has 102 valence electrons. The summed E-state index contributed by atoms with van der Waals surface area (Å²) in [7, 11) is 0. The minimum Gasteiger partial charge on any atom is -0.409 e. The van der Waals surface area contributed by atoms with E-state index >= 15 is 0 Å². The van der Waals surface area contributed by atoms with Crippen molar-refractivity contribution in [2.24, 2.45) is 10.9 Å². The second-order valence-corrected chi connectivity index (χ2v) is 4.75. The Kier molecular flexibility index (Phi) is 4.11. The van der Waals surface area contributed by atoms with Gasteiger partial charge in [0.25, 0.3) is 0 Å². The predicted octanol–water partition coefficient (Wildman–Crippen LogP) is 2.08. The van der Waals surface area contributed by atoms with Crippen molar-refractivity contribution in [2.45, 2.75) is 18.9 Å². The van der Waals surface area contributed by atoms with Crippen LogP contribution in [0, 0.1) is 0 Å². The number of hydrogen-bond donors (Lipinski definition) is 3. The second kappa shape index (κ2) is 5.79. The summed E-state index contributed by atoms with van der Waals surface area (Å²) in [4.78, 5) is 13.7. The maximum atomic E-state index is 12.1. The molecular weight excluding hydrogens is 268 g/mol. The Labute approximate surface area is 115 Å². The first-order valence-electron chi connectivity index (χ1n) is 5.92. The lowest BCUT2D eigenvalue weighted by Gasteiger charge is -2.23. The molecule has 6 nitrogen and oxygen atoms in total. The number of rotatable bonds is 2. The molecule has 1 aliphatic rings. The van der Waals surface area contributed by atoms with Crippen LogP contribution >= 0.6 is 11.6 Å². The number of oxime groups is 1. The van der Waals surface area contributed by atoms with Crippen LogP contribution in [0.2, 0.25) is 5.02 Å². The fourth-order valence-electron chi connectivity index (χ4n) is 2.15. The highest BCUT2D eigenvalue weighted by atomic mass is 35.5. The van der Waals surface area contributed by atoms with E-state index in [1.807, 2.05) is 0 Å².